The number of ketones is 1. The summed E-state index contributed by atoms with van der Waals surface area (Å²) >= 11 is 0. The minimum atomic E-state index is -0.397. The Morgan fingerprint density at radius 1 is 1.50 bits per heavy atom. The van der Waals surface area contributed by atoms with Crippen molar-refractivity contribution in [2.45, 2.75) is 66.4 Å². The van der Waals surface area contributed by atoms with Crippen molar-refractivity contribution in [2.75, 3.05) is 0 Å². The van der Waals surface area contributed by atoms with Crippen molar-refractivity contribution >= 4 is 11.8 Å². The number of aryl methyl sites for hydroxylation is 1. The van der Waals surface area contributed by atoms with Crippen LogP contribution in [-0.4, -0.2) is 11.8 Å². The van der Waals surface area contributed by atoms with Crippen molar-refractivity contribution in [1.29, 1.82) is 0 Å². The Bertz CT molecular complexity index is 659. The highest BCUT2D eigenvalue weighted by atomic mass is 16.5. The lowest BCUT2D eigenvalue weighted by Gasteiger charge is -2.51. The molecule has 1 fully saturated rings. The van der Waals surface area contributed by atoms with Gasteiger partial charge in [-0.2, -0.15) is 0 Å². The average molecular weight is 332 g/mol. The highest BCUT2D eigenvalue weighted by molar-refractivity contribution is 5.84. The van der Waals surface area contributed by atoms with E-state index in [1.165, 1.54) is 0 Å². The largest absolute Gasteiger partial charge is 0.469 e. The van der Waals surface area contributed by atoms with E-state index in [1.54, 1.807) is 6.26 Å². The average Bonchev–Trinajstić information content (AvgIpc) is 2.93. The molecule has 5 atom stereocenters. The maximum absolute atomic E-state index is 12.6. The molecule has 132 valence electrons. The second-order valence-corrected chi connectivity index (χ2v) is 7.91. The molecule has 2 aliphatic carbocycles. The Labute approximate surface area is 143 Å². The van der Waals surface area contributed by atoms with Gasteiger partial charge in [-0.05, 0) is 31.2 Å². The number of carbonyl (C=O) groups excluding carboxylic acids is 2. The van der Waals surface area contributed by atoms with Gasteiger partial charge in [-0.3, -0.25) is 9.59 Å². The lowest BCUT2D eigenvalue weighted by Crippen LogP contribution is -2.51. The van der Waals surface area contributed by atoms with E-state index in [2.05, 4.69) is 13.8 Å². The van der Waals surface area contributed by atoms with Crippen molar-refractivity contribution < 1.29 is 18.7 Å². The van der Waals surface area contributed by atoms with E-state index in [1.807, 2.05) is 20.8 Å². The number of hydrogen-bond donors (Lipinski definition) is 0. The number of furan rings is 1. The fourth-order valence-corrected chi connectivity index (χ4v) is 4.41. The van der Waals surface area contributed by atoms with E-state index >= 15 is 0 Å². The van der Waals surface area contributed by atoms with Gasteiger partial charge in [0.1, 0.15) is 17.6 Å². The summed E-state index contributed by atoms with van der Waals surface area (Å²) < 4.78 is 11.8. The third kappa shape index (κ3) is 2.42. The summed E-state index contributed by atoms with van der Waals surface area (Å²) in [6.45, 7) is 10.2. The van der Waals surface area contributed by atoms with Crippen LogP contribution in [0.25, 0.3) is 0 Å². The van der Waals surface area contributed by atoms with Gasteiger partial charge < -0.3 is 9.15 Å². The fraction of sp³-hybridized carbons (Fsp3) is 0.700. The monoisotopic (exact) mass is 332 g/mol. The molecular formula is C20H28O4. The Balaban J connectivity index is 2.08. The van der Waals surface area contributed by atoms with Gasteiger partial charge in [0.05, 0.1) is 12.2 Å². The SMILES string of the molecule is CC[C@H](C)C(=O)O[C@@H]1c2c(C)coc2C[C@H]2C(=O)CC[C@H](C)[C@@]12C. The molecule has 4 heteroatoms. The highest BCUT2D eigenvalue weighted by Gasteiger charge is 2.57. The molecule has 0 N–H and O–H groups in total. The van der Waals surface area contributed by atoms with Crippen LogP contribution in [0.1, 0.15) is 69.9 Å². The summed E-state index contributed by atoms with van der Waals surface area (Å²) in [5.41, 5.74) is 1.64. The first-order valence-corrected chi connectivity index (χ1v) is 9.10. The van der Waals surface area contributed by atoms with Gasteiger partial charge in [-0.15, -0.1) is 0 Å². The molecule has 1 aromatic rings. The summed E-state index contributed by atoms with van der Waals surface area (Å²) in [4.78, 5) is 25.2. The van der Waals surface area contributed by atoms with Crippen LogP contribution in [0.15, 0.2) is 10.7 Å². The molecule has 0 spiro atoms. The van der Waals surface area contributed by atoms with Crippen LogP contribution in [0.5, 0.6) is 0 Å². The van der Waals surface area contributed by atoms with Crippen LogP contribution in [0.3, 0.4) is 0 Å². The van der Waals surface area contributed by atoms with Gasteiger partial charge in [-0.25, -0.2) is 0 Å². The Kier molecular flexibility index (Phi) is 4.35. The van der Waals surface area contributed by atoms with E-state index in [-0.39, 0.29) is 29.0 Å². The second-order valence-electron chi connectivity index (χ2n) is 7.91. The maximum atomic E-state index is 12.6. The molecule has 3 rings (SSSR count). The van der Waals surface area contributed by atoms with Crippen LogP contribution in [0.2, 0.25) is 0 Å². The van der Waals surface area contributed by atoms with E-state index in [0.29, 0.717) is 18.8 Å². The molecule has 1 aromatic heterocycles. The summed E-state index contributed by atoms with van der Waals surface area (Å²) in [5, 5.41) is 0. The van der Waals surface area contributed by atoms with Gasteiger partial charge >= 0.3 is 5.97 Å². The molecule has 0 saturated heterocycles. The molecule has 1 heterocycles. The zero-order valence-corrected chi connectivity index (χ0v) is 15.3. The number of carbonyl (C=O) groups is 2. The number of fused-ring (bicyclic) bond motifs is 2. The zero-order chi connectivity index (χ0) is 17.6. The molecule has 2 aliphatic rings. The topological polar surface area (TPSA) is 56.5 Å². The predicted molar refractivity (Wildman–Crippen MR) is 90.4 cm³/mol. The van der Waals surface area contributed by atoms with Crippen LogP contribution in [0, 0.1) is 30.1 Å². The van der Waals surface area contributed by atoms with Crippen molar-refractivity contribution in [2.24, 2.45) is 23.2 Å². The molecular weight excluding hydrogens is 304 g/mol. The molecule has 24 heavy (non-hydrogen) atoms. The smallest absolute Gasteiger partial charge is 0.309 e. The summed E-state index contributed by atoms with van der Waals surface area (Å²) in [5.74, 6) is 0.964. The number of esters is 1. The molecule has 0 aromatic carbocycles. The standard InChI is InChI=1S/C20H28O4/c1-6-11(2)19(22)24-18-17-12(3)10-23-16(17)9-14-15(21)8-7-13(4)20(14,18)5/h10-11,13-14,18H,6-9H2,1-5H3/t11-,13-,14-,18+,20+/m0/s1. The van der Waals surface area contributed by atoms with Crippen LogP contribution in [-0.2, 0) is 20.7 Å². The molecule has 0 amide bonds. The molecule has 0 bridgehead atoms. The molecule has 0 aliphatic heterocycles. The van der Waals surface area contributed by atoms with Crippen molar-refractivity contribution in [3.63, 3.8) is 0 Å². The molecule has 1 saturated carbocycles. The quantitative estimate of drug-likeness (QED) is 0.770. The minimum Gasteiger partial charge on any atom is -0.469 e. The van der Waals surface area contributed by atoms with Gasteiger partial charge in [0, 0.05) is 29.7 Å². The third-order valence-electron chi connectivity index (χ3n) is 6.59. The van der Waals surface area contributed by atoms with Crippen molar-refractivity contribution in [3.8, 4) is 0 Å². The summed E-state index contributed by atoms with van der Waals surface area (Å²) in [6, 6.07) is 0. The highest BCUT2D eigenvalue weighted by Crippen LogP contribution is 2.58. The Hall–Kier alpha value is -1.58. The predicted octanol–water partition coefficient (Wildman–Crippen LogP) is 4.40. The summed E-state index contributed by atoms with van der Waals surface area (Å²) in [6.07, 6.45) is 4.17. The first-order valence-electron chi connectivity index (χ1n) is 9.10. The lowest BCUT2D eigenvalue weighted by atomic mass is 9.53. The number of ether oxygens (including phenoxy) is 1. The van der Waals surface area contributed by atoms with E-state index in [4.69, 9.17) is 9.15 Å². The lowest BCUT2D eigenvalue weighted by molar-refractivity contribution is -0.176. The Morgan fingerprint density at radius 3 is 2.88 bits per heavy atom. The van der Waals surface area contributed by atoms with Crippen LogP contribution >= 0.6 is 0 Å². The van der Waals surface area contributed by atoms with Crippen LogP contribution in [0.4, 0.5) is 0 Å². The zero-order valence-electron chi connectivity index (χ0n) is 15.3. The summed E-state index contributed by atoms with van der Waals surface area (Å²) in [7, 11) is 0. The number of rotatable bonds is 3. The first kappa shape index (κ1) is 17.2. The van der Waals surface area contributed by atoms with Gasteiger partial charge in [0.15, 0.2) is 0 Å². The van der Waals surface area contributed by atoms with Crippen LogP contribution < -0.4 is 0 Å². The Morgan fingerprint density at radius 2 is 2.21 bits per heavy atom. The van der Waals surface area contributed by atoms with Gasteiger partial charge in [0.25, 0.3) is 0 Å². The fourth-order valence-electron chi connectivity index (χ4n) is 4.41. The maximum Gasteiger partial charge on any atom is 0.309 e. The van der Waals surface area contributed by atoms with E-state index in [0.717, 1.165) is 29.7 Å². The van der Waals surface area contributed by atoms with Crippen molar-refractivity contribution in [1.82, 2.24) is 0 Å². The minimum absolute atomic E-state index is 0.131. The van der Waals surface area contributed by atoms with Gasteiger partial charge in [-0.1, -0.05) is 27.7 Å². The molecule has 0 unspecified atom stereocenters. The van der Waals surface area contributed by atoms with Crippen molar-refractivity contribution in [3.05, 3.63) is 23.2 Å². The van der Waals surface area contributed by atoms with E-state index < -0.39 is 6.10 Å². The third-order valence-corrected chi connectivity index (χ3v) is 6.59. The normalized spacial score (nSPS) is 33.5. The van der Waals surface area contributed by atoms with Gasteiger partial charge in [0.2, 0.25) is 0 Å². The first-order chi connectivity index (χ1) is 11.3. The number of Topliss-reactive ketones (excluding diaryl/α,β-unsaturated/α-hetero) is 1. The molecule has 4 nitrogen and oxygen atoms in total. The van der Waals surface area contributed by atoms with E-state index in [9.17, 15) is 9.59 Å². The number of hydrogen-bond acceptors (Lipinski definition) is 4. The second kappa shape index (κ2) is 6.05. The molecule has 0 radical (unpaired) electrons.